The van der Waals surface area contributed by atoms with E-state index in [-0.39, 0.29) is 18.7 Å². The maximum absolute atomic E-state index is 11.1. The largest absolute Gasteiger partial charge is 0.481 e. The molecule has 6 nitrogen and oxygen atoms in total. The fraction of sp³-hybridized carbons (Fsp3) is 0.700. The average Bonchev–Trinajstić information content (AvgIpc) is 2.21. The lowest BCUT2D eigenvalue weighted by molar-refractivity contribution is -0.137. The second-order valence-corrected chi connectivity index (χ2v) is 3.40. The summed E-state index contributed by atoms with van der Waals surface area (Å²) >= 11 is 0. The lowest BCUT2D eigenvalue weighted by Gasteiger charge is -2.04. The first-order valence-electron chi connectivity index (χ1n) is 5.35. The van der Waals surface area contributed by atoms with Gasteiger partial charge in [0.2, 0.25) is 5.91 Å². The molecule has 0 aliphatic carbocycles. The van der Waals surface area contributed by atoms with Crippen LogP contribution in [0.2, 0.25) is 0 Å². The average molecular weight is 230 g/mol. The Morgan fingerprint density at radius 1 is 1.12 bits per heavy atom. The first-order chi connectivity index (χ1) is 7.56. The summed E-state index contributed by atoms with van der Waals surface area (Å²) in [5.74, 6) is -1.25. The van der Waals surface area contributed by atoms with Crippen LogP contribution in [-0.2, 0) is 9.59 Å². The second kappa shape index (κ2) is 8.70. The molecule has 16 heavy (non-hydrogen) atoms. The minimum Gasteiger partial charge on any atom is -0.481 e. The Hall–Kier alpha value is -1.59. The summed E-state index contributed by atoms with van der Waals surface area (Å²) in [5, 5.41) is 13.0. The number of hydrogen-bond acceptors (Lipinski definition) is 3. The number of urea groups is 1. The van der Waals surface area contributed by atoms with E-state index in [0.29, 0.717) is 19.4 Å². The van der Waals surface area contributed by atoms with Crippen molar-refractivity contribution < 1.29 is 19.5 Å². The van der Waals surface area contributed by atoms with Crippen molar-refractivity contribution in [3.05, 3.63) is 0 Å². The maximum Gasteiger partial charge on any atom is 0.321 e. The highest BCUT2D eigenvalue weighted by Crippen LogP contribution is 1.99. The first kappa shape index (κ1) is 14.4. The molecule has 0 aliphatic rings. The molecule has 0 aromatic heterocycles. The Labute approximate surface area is 94.4 Å². The zero-order valence-electron chi connectivity index (χ0n) is 9.41. The molecule has 0 spiro atoms. The molecular formula is C10H18N2O4. The molecule has 0 unspecified atom stereocenters. The molecule has 0 aromatic rings. The minimum atomic E-state index is -0.874. The fourth-order valence-electron chi connectivity index (χ4n) is 1.03. The fourth-order valence-corrected chi connectivity index (χ4v) is 1.03. The van der Waals surface area contributed by atoms with Crippen molar-refractivity contribution in [3.63, 3.8) is 0 Å². The van der Waals surface area contributed by atoms with Crippen molar-refractivity contribution in [3.8, 4) is 0 Å². The van der Waals surface area contributed by atoms with Crippen molar-refractivity contribution in [2.24, 2.45) is 0 Å². The van der Waals surface area contributed by atoms with Crippen LogP contribution in [-0.4, -0.2) is 29.6 Å². The van der Waals surface area contributed by atoms with Crippen LogP contribution in [0.4, 0.5) is 4.79 Å². The summed E-state index contributed by atoms with van der Waals surface area (Å²) in [5.41, 5.74) is 0. The van der Waals surface area contributed by atoms with Gasteiger partial charge in [-0.25, -0.2) is 4.79 Å². The predicted molar refractivity (Wildman–Crippen MR) is 57.9 cm³/mol. The number of carboxylic acid groups (broad SMARTS) is 1. The lowest BCUT2D eigenvalue weighted by Crippen LogP contribution is -2.39. The molecular weight excluding hydrogens is 212 g/mol. The molecule has 3 amide bonds. The van der Waals surface area contributed by atoms with Gasteiger partial charge in [-0.3, -0.25) is 14.9 Å². The van der Waals surface area contributed by atoms with Crippen LogP contribution >= 0.6 is 0 Å². The zero-order valence-corrected chi connectivity index (χ0v) is 9.41. The predicted octanol–water partition coefficient (Wildman–Crippen LogP) is 0.867. The molecule has 0 saturated carbocycles. The van der Waals surface area contributed by atoms with Crippen LogP contribution in [0.3, 0.4) is 0 Å². The Bertz CT molecular complexity index is 253. The summed E-state index contributed by atoms with van der Waals surface area (Å²) in [6, 6.07) is -0.495. The second-order valence-electron chi connectivity index (χ2n) is 3.40. The Morgan fingerprint density at radius 3 is 2.31 bits per heavy atom. The van der Waals surface area contributed by atoms with Crippen molar-refractivity contribution in [1.29, 1.82) is 0 Å². The van der Waals surface area contributed by atoms with Crippen molar-refractivity contribution in [2.75, 3.05) is 6.54 Å². The standard InChI is InChI=1S/C10H18N2O4/c1-2-7-11-10(16)12-8(13)5-3-4-6-9(14)15/h2-7H2,1H3,(H,14,15)(H2,11,12,13,16). The Balaban J connectivity index is 3.50. The van der Waals surface area contributed by atoms with Crippen LogP contribution in [0.1, 0.15) is 39.0 Å². The minimum absolute atomic E-state index is 0.0509. The van der Waals surface area contributed by atoms with E-state index in [2.05, 4.69) is 10.6 Å². The third-order valence-corrected chi connectivity index (χ3v) is 1.83. The normalized spacial score (nSPS) is 9.56. The number of carbonyl (C=O) groups is 3. The van der Waals surface area contributed by atoms with Gasteiger partial charge in [0.05, 0.1) is 0 Å². The van der Waals surface area contributed by atoms with E-state index >= 15 is 0 Å². The van der Waals surface area contributed by atoms with E-state index in [1.54, 1.807) is 0 Å². The topological polar surface area (TPSA) is 95.5 Å². The van der Waals surface area contributed by atoms with Gasteiger partial charge in [0.1, 0.15) is 0 Å². The van der Waals surface area contributed by atoms with Gasteiger partial charge in [-0.15, -0.1) is 0 Å². The monoisotopic (exact) mass is 230 g/mol. The smallest absolute Gasteiger partial charge is 0.321 e. The van der Waals surface area contributed by atoms with Gasteiger partial charge < -0.3 is 10.4 Å². The Morgan fingerprint density at radius 2 is 1.75 bits per heavy atom. The highest BCUT2D eigenvalue weighted by molar-refractivity contribution is 5.94. The van der Waals surface area contributed by atoms with E-state index in [1.165, 1.54) is 0 Å². The highest BCUT2D eigenvalue weighted by Gasteiger charge is 2.06. The van der Waals surface area contributed by atoms with Crippen LogP contribution < -0.4 is 10.6 Å². The van der Waals surface area contributed by atoms with Gasteiger partial charge in [0, 0.05) is 19.4 Å². The summed E-state index contributed by atoms with van der Waals surface area (Å²) < 4.78 is 0. The number of rotatable bonds is 7. The number of imide groups is 1. The highest BCUT2D eigenvalue weighted by atomic mass is 16.4. The van der Waals surface area contributed by atoms with Crippen LogP contribution in [0, 0.1) is 0 Å². The SMILES string of the molecule is CCCNC(=O)NC(=O)CCCCC(=O)O. The van der Waals surface area contributed by atoms with Crippen molar-refractivity contribution in [1.82, 2.24) is 10.6 Å². The molecule has 0 aliphatic heterocycles. The van der Waals surface area contributed by atoms with E-state index in [1.807, 2.05) is 6.92 Å². The molecule has 92 valence electrons. The molecule has 0 saturated heterocycles. The number of carbonyl (C=O) groups excluding carboxylic acids is 2. The number of unbranched alkanes of at least 4 members (excludes halogenated alkanes) is 1. The summed E-state index contributed by atoms with van der Waals surface area (Å²) in [4.78, 5) is 32.3. The third kappa shape index (κ3) is 8.98. The number of amides is 3. The molecule has 0 heterocycles. The summed E-state index contributed by atoms with van der Waals surface area (Å²) in [7, 11) is 0. The molecule has 6 heteroatoms. The number of carboxylic acids is 1. The van der Waals surface area contributed by atoms with E-state index in [9.17, 15) is 14.4 Å². The van der Waals surface area contributed by atoms with E-state index < -0.39 is 12.0 Å². The molecule has 0 fully saturated rings. The molecule has 0 rings (SSSR count). The molecule has 0 radical (unpaired) electrons. The van der Waals surface area contributed by atoms with Gasteiger partial charge in [-0.1, -0.05) is 6.92 Å². The van der Waals surface area contributed by atoms with Gasteiger partial charge >= 0.3 is 12.0 Å². The number of hydrogen-bond donors (Lipinski definition) is 3. The number of nitrogens with one attached hydrogen (secondary N) is 2. The van der Waals surface area contributed by atoms with Crippen LogP contribution in [0.15, 0.2) is 0 Å². The quantitative estimate of drug-likeness (QED) is 0.565. The zero-order chi connectivity index (χ0) is 12.4. The maximum atomic E-state index is 11.1. The first-order valence-corrected chi connectivity index (χ1v) is 5.35. The Kier molecular flexibility index (Phi) is 7.83. The van der Waals surface area contributed by atoms with Crippen LogP contribution in [0.25, 0.3) is 0 Å². The van der Waals surface area contributed by atoms with E-state index in [4.69, 9.17) is 5.11 Å². The van der Waals surface area contributed by atoms with Gasteiger partial charge in [0.15, 0.2) is 0 Å². The van der Waals surface area contributed by atoms with Gasteiger partial charge in [0.25, 0.3) is 0 Å². The number of aliphatic carboxylic acids is 1. The lowest BCUT2D eigenvalue weighted by atomic mass is 10.2. The summed E-state index contributed by atoms with van der Waals surface area (Å²) in [6.45, 7) is 2.44. The molecule has 3 N–H and O–H groups in total. The van der Waals surface area contributed by atoms with Gasteiger partial charge in [-0.2, -0.15) is 0 Å². The van der Waals surface area contributed by atoms with Gasteiger partial charge in [-0.05, 0) is 19.3 Å². The van der Waals surface area contributed by atoms with Crippen molar-refractivity contribution in [2.45, 2.75) is 39.0 Å². The molecule has 0 aromatic carbocycles. The van der Waals surface area contributed by atoms with Crippen LogP contribution in [0.5, 0.6) is 0 Å². The van der Waals surface area contributed by atoms with E-state index in [0.717, 1.165) is 6.42 Å². The van der Waals surface area contributed by atoms with Crippen molar-refractivity contribution >= 4 is 17.9 Å². The molecule has 0 bridgehead atoms. The third-order valence-electron chi connectivity index (χ3n) is 1.83. The summed E-state index contributed by atoms with van der Waals surface area (Å²) in [6.07, 6.45) is 1.95. The molecule has 0 atom stereocenters.